The third-order valence-corrected chi connectivity index (χ3v) is 5.85. The summed E-state index contributed by atoms with van der Waals surface area (Å²) < 4.78 is 25.3. The smallest absolute Gasteiger partial charge is 0.179 e. The van der Waals surface area contributed by atoms with Gasteiger partial charge in [0.15, 0.2) is 9.84 Å². The molecule has 0 aliphatic heterocycles. The van der Waals surface area contributed by atoms with Gasteiger partial charge in [0, 0.05) is 17.1 Å². The molecule has 0 radical (unpaired) electrons. The Morgan fingerprint density at radius 2 is 1.76 bits per heavy atom. The topological polar surface area (TPSA) is 63.4 Å². The van der Waals surface area contributed by atoms with E-state index in [1.165, 1.54) is 0 Å². The first-order valence-corrected chi connectivity index (χ1v) is 9.59. The fourth-order valence-corrected chi connectivity index (χ4v) is 3.45. The molecule has 0 aliphatic carbocycles. The van der Waals surface area contributed by atoms with Crippen molar-refractivity contribution in [2.24, 2.45) is 11.7 Å². The average Bonchev–Trinajstić information content (AvgIpc) is 2.43. The second-order valence-electron chi connectivity index (χ2n) is 5.77. The van der Waals surface area contributed by atoms with Crippen molar-refractivity contribution in [1.82, 2.24) is 4.90 Å². The van der Waals surface area contributed by atoms with Gasteiger partial charge in [-0.1, -0.05) is 29.8 Å². The Hall–Kier alpha value is -0.430. The molecule has 21 heavy (non-hydrogen) atoms. The van der Waals surface area contributed by atoms with Crippen LogP contribution in [0.1, 0.15) is 20.3 Å². The molecule has 1 aromatic carbocycles. The summed E-state index contributed by atoms with van der Waals surface area (Å²) in [6.07, 6.45) is 0.881. The third kappa shape index (κ3) is 6.46. The molecule has 6 heteroatoms. The van der Waals surface area contributed by atoms with Gasteiger partial charge in [0.25, 0.3) is 0 Å². The van der Waals surface area contributed by atoms with Gasteiger partial charge >= 0.3 is 0 Å². The Labute approximate surface area is 136 Å². The molecule has 1 unspecified atom stereocenters. The molecule has 0 heterocycles. The first-order chi connectivity index (χ1) is 9.72. The summed E-state index contributed by atoms with van der Waals surface area (Å²) in [5.74, 6) is 0.576. The predicted octanol–water partition coefficient (Wildman–Crippen LogP) is 2.53. The van der Waals surface area contributed by atoms with Crippen LogP contribution in [0.5, 0.6) is 0 Å². The first-order valence-electron chi connectivity index (χ1n) is 7.15. The normalized spacial score (nSPS) is 13.9. The van der Waals surface area contributed by atoms with Crippen LogP contribution in [-0.2, 0) is 9.84 Å². The third-order valence-electron chi connectivity index (χ3n) is 3.61. The van der Waals surface area contributed by atoms with Crippen LogP contribution in [0.25, 0.3) is 0 Å². The number of sulfone groups is 1. The zero-order valence-electron chi connectivity index (χ0n) is 12.9. The SMILES string of the molecule is CC(C)C(N)CCN(C)CCS(=O)(=O)c1ccc(Br)cc1. The van der Waals surface area contributed by atoms with Crippen molar-refractivity contribution in [2.75, 3.05) is 25.9 Å². The molecule has 0 aliphatic rings. The molecule has 1 aromatic rings. The van der Waals surface area contributed by atoms with Crippen LogP contribution < -0.4 is 5.73 Å². The lowest BCUT2D eigenvalue weighted by Gasteiger charge is -2.21. The van der Waals surface area contributed by atoms with Crippen LogP contribution in [0.4, 0.5) is 0 Å². The fourth-order valence-electron chi connectivity index (χ4n) is 1.85. The Morgan fingerprint density at radius 3 is 2.29 bits per heavy atom. The van der Waals surface area contributed by atoms with Gasteiger partial charge in [0.1, 0.15) is 0 Å². The van der Waals surface area contributed by atoms with E-state index < -0.39 is 9.84 Å². The maximum absolute atomic E-state index is 12.2. The van der Waals surface area contributed by atoms with Crippen molar-refractivity contribution in [3.63, 3.8) is 0 Å². The minimum absolute atomic E-state index is 0.127. The van der Waals surface area contributed by atoms with E-state index in [9.17, 15) is 8.42 Å². The van der Waals surface area contributed by atoms with Gasteiger partial charge in [0.05, 0.1) is 10.6 Å². The van der Waals surface area contributed by atoms with Crippen LogP contribution in [0.3, 0.4) is 0 Å². The van der Waals surface area contributed by atoms with E-state index in [1.807, 2.05) is 11.9 Å². The highest BCUT2D eigenvalue weighted by molar-refractivity contribution is 9.10. The highest BCUT2D eigenvalue weighted by Crippen LogP contribution is 2.16. The lowest BCUT2D eigenvalue weighted by Crippen LogP contribution is -2.33. The van der Waals surface area contributed by atoms with E-state index in [1.54, 1.807) is 24.3 Å². The molecule has 2 N–H and O–H groups in total. The molecular formula is C15H25BrN2O2S. The molecule has 0 amide bonds. The summed E-state index contributed by atoms with van der Waals surface area (Å²) in [6, 6.07) is 6.93. The Bertz CT molecular complexity index is 529. The van der Waals surface area contributed by atoms with E-state index in [0.717, 1.165) is 17.4 Å². The van der Waals surface area contributed by atoms with Crippen molar-refractivity contribution in [1.29, 1.82) is 0 Å². The van der Waals surface area contributed by atoms with Crippen LogP contribution >= 0.6 is 15.9 Å². The second kappa shape index (κ2) is 8.27. The zero-order chi connectivity index (χ0) is 16.0. The molecule has 0 fully saturated rings. The summed E-state index contributed by atoms with van der Waals surface area (Å²) in [5, 5.41) is 0. The number of nitrogens with zero attached hydrogens (tertiary/aromatic N) is 1. The minimum Gasteiger partial charge on any atom is -0.327 e. The molecular weight excluding hydrogens is 352 g/mol. The van der Waals surface area contributed by atoms with Crippen LogP contribution in [0, 0.1) is 5.92 Å². The van der Waals surface area contributed by atoms with Crippen molar-refractivity contribution in [2.45, 2.75) is 31.2 Å². The summed E-state index contributed by atoms with van der Waals surface area (Å²) in [4.78, 5) is 2.40. The lowest BCUT2D eigenvalue weighted by atomic mass is 10.0. The largest absolute Gasteiger partial charge is 0.327 e. The minimum atomic E-state index is -3.22. The number of nitrogens with two attached hydrogens (primary N) is 1. The highest BCUT2D eigenvalue weighted by Gasteiger charge is 2.16. The fraction of sp³-hybridized carbons (Fsp3) is 0.600. The van der Waals surface area contributed by atoms with Crippen LogP contribution in [0.15, 0.2) is 33.6 Å². The first kappa shape index (κ1) is 18.6. The summed E-state index contributed by atoms with van der Waals surface area (Å²) in [7, 11) is -1.29. The van der Waals surface area contributed by atoms with E-state index >= 15 is 0 Å². The number of halogens is 1. The molecule has 0 spiro atoms. The molecule has 0 aromatic heterocycles. The summed E-state index contributed by atoms with van der Waals surface area (Å²) >= 11 is 3.31. The standard InChI is InChI=1S/C15H25BrN2O2S/c1-12(2)15(17)8-9-18(3)10-11-21(19,20)14-6-4-13(16)5-7-14/h4-7,12,15H,8-11,17H2,1-3H3. The Kier molecular flexibility index (Phi) is 7.33. The number of rotatable bonds is 8. The maximum Gasteiger partial charge on any atom is 0.179 e. The summed E-state index contributed by atoms with van der Waals surface area (Å²) in [6.45, 7) is 5.53. The van der Waals surface area contributed by atoms with Crippen LogP contribution in [0.2, 0.25) is 0 Å². The summed E-state index contributed by atoms with van der Waals surface area (Å²) in [5.41, 5.74) is 6.00. The Morgan fingerprint density at radius 1 is 1.19 bits per heavy atom. The quantitative estimate of drug-likeness (QED) is 0.756. The zero-order valence-corrected chi connectivity index (χ0v) is 15.3. The molecule has 120 valence electrons. The second-order valence-corrected chi connectivity index (χ2v) is 8.80. The molecule has 0 bridgehead atoms. The molecule has 1 atom stereocenters. The number of hydrogen-bond acceptors (Lipinski definition) is 4. The van der Waals surface area contributed by atoms with Crippen molar-refractivity contribution in [3.8, 4) is 0 Å². The van der Waals surface area contributed by atoms with Gasteiger partial charge in [-0.15, -0.1) is 0 Å². The van der Waals surface area contributed by atoms with Gasteiger partial charge in [0.2, 0.25) is 0 Å². The predicted molar refractivity (Wildman–Crippen MR) is 91.1 cm³/mol. The number of benzene rings is 1. The molecule has 4 nitrogen and oxygen atoms in total. The van der Waals surface area contributed by atoms with Gasteiger partial charge in [-0.2, -0.15) is 0 Å². The Balaban J connectivity index is 2.48. The van der Waals surface area contributed by atoms with Crippen molar-refractivity contribution < 1.29 is 8.42 Å². The van der Waals surface area contributed by atoms with Gasteiger partial charge in [-0.05, 0) is 50.2 Å². The maximum atomic E-state index is 12.2. The van der Waals surface area contributed by atoms with Gasteiger partial charge < -0.3 is 10.6 Å². The number of hydrogen-bond donors (Lipinski definition) is 1. The van der Waals surface area contributed by atoms with E-state index in [2.05, 4.69) is 29.8 Å². The molecule has 1 rings (SSSR count). The van der Waals surface area contributed by atoms with E-state index in [0.29, 0.717) is 17.4 Å². The van der Waals surface area contributed by atoms with Crippen molar-refractivity contribution in [3.05, 3.63) is 28.7 Å². The van der Waals surface area contributed by atoms with Crippen molar-refractivity contribution >= 4 is 25.8 Å². The van der Waals surface area contributed by atoms with Crippen LogP contribution in [-0.4, -0.2) is 45.2 Å². The van der Waals surface area contributed by atoms with E-state index in [4.69, 9.17) is 5.73 Å². The van der Waals surface area contributed by atoms with Gasteiger partial charge in [-0.3, -0.25) is 0 Å². The van der Waals surface area contributed by atoms with E-state index in [-0.39, 0.29) is 11.8 Å². The molecule has 0 saturated carbocycles. The lowest BCUT2D eigenvalue weighted by molar-refractivity contribution is 0.316. The van der Waals surface area contributed by atoms with Gasteiger partial charge in [-0.25, -0.2) is 8.42 Å². The monoisotopic (exact) mass is 376 g/mol. The average molecular weight is 377 g/mol. The highest BCUT2D eigenvalue weighted by atomic mass is 79.9. The molecule has 0 saturated heterocycles.